The summed E-state index contributed by atoms with van der Waals surface area (Å²) in [6, 6.07) is 51.1. The molecule has 392 valence electrons. The van der Waals surface area contributed by atoms with E-state index in [9.17, 15) is 0 Å². The third-order valence-electron chi connectivity index (χ3n) is 16.5. The summed E-state index contributed by atoms with van der Waals surface area (Å²) in [5.74, 6) is 5.04. The Bertz CT molecular complexity index is 4440. The zero-order valence-electron chi connectivity index (χ0n) is 45.2. The van der Waals surface area contributed by atoms with E-state index < -0.39 is 0 Å². The fourth-order valence-electron chi connectivity index (χ4n) is 12.6. The number of hydrogen-bond acceptors (Lipinski definition) is 7. The van der Waals surface area contributed by atoms with E-state index >= 15 is 0 Å². The van der Waals surface area contributed by atoms with E-state index in [1.54, 1.807) is 0 Å². The van der Waals surface area contributed by atoms with Crippen LogP contribution in [0.15, 0.2) is 237 Å². The first-order valence-corrected chi connectivity index (χ1v) is 28.2. The molecule has 0 saturated heterocycles. The molecule has 9 aromatic rings. The zero-order chi connectivity index (χ0) is 54.8. The summed E-state index contributed by atoms with van der Waals surface area (Å²) >= 11 is 0. The lowest BCUT2D eigenvalue weighted by Crippen LogP contribution is -2.24. The van der Waals surface area contributed by atoms with Crippen LogP contribution < -0.4 is 19.3 Å². The van der Waals surface area contributed by atoms with Gasteiger partial charge in [0, 0.05) is 56.9 Å². The van der Waals surface area contributed by atoms with Gasteiger partial charge < -0.3 is 19.3 Å². The molecular formula is C75H55N5O2. The second kappa shape index (κ2) is 20.1. The molecule has 0 N–H and O–H groups in total. The number of ether oxygens (including phenoxy) is 2. The van der Waals surface area contributed by atoms with Crippen LogP contribution in [-0.4, -0.2) is 15.0 Å². The van der Waals surface area contributed by atoms with Crippen LogP contribution in [0.2, 0.25) is 0 Å². The Kier molecular flexibility index (Phi) is 11.9. The SMILES string of the molecule is C=Cc1c2c(c3c(c1C=C)N(C1=CC[C@H](c4nc(-c5ccc(N6c7ccccc7Oc7c8c(c9ccccc9c76)C=CC(=C)C8)cc5)nc(-c5cc(C6=CC=CCC=C6)cc(-c6ccccc6)c5)n4)C=C1)c1ccccc1O3)CCC=C2. The van der Waals surface area contributed by atoms with Crippen LogP contribution in [0.1, 0.15) is 69.9 Å². The number of allylic oxidation sites excluding steroid dienone is 12. The van der Waals surface area contributed by atoms with Crippen molar-refractivity contribution in [2.45, 2.75) is 38.0 Å². The van der Waals surface area contributed by atoms with Gasteiger partial charge in [0.15, 0.2) is 34.6 Å². The summed E-state index contributed by atoms with van der Waals surface area (Å²) in [7, 11) is 0. The van der Waals surface area contributed by atoms with Crippen LogP contribution in [0.25, 0.3) is 74.6 Å². The predicted octanol–water partition coefficient (Wildman–Crippen LogP) is 19.7. The fraction of sp³-hybridized carbons (Fsp3) is 0.0800. The summed E-state index contributed by atoms with van der Waals surface area (Å²) in [6.45, 7) is 13.0. The summed E-state index contributed by atoms with van der Waals surface area (Å²) in [4.78, 5) is 21.0. The number of hydrogen-bond donors (Lipinski definition) is 0. The maximum absolute atomic E-state index is 6.92. The first kappa shape index (κ1) is 48.7. The van der Waals surface area contributed by atoms with Gasteiger partial charge in [-0.25, -0.2) is 15.0 Å². The van der Waals surface area contributed by atoms with Crippen molar-refractivity contribution in [2.75, 3.05) is 9.80 Å². The molecule has 3 heterocycles. The van der Waals surface area contributed by atoms with Crippen LogP contribution >= 0.6 is 0 Å². The maximum Gasteiger partial charge on any atom is 0.163 e. The van der Waals surface area contributed by atoms with E-state index in [4.69, 9.17) is 24.4 Å². The quantitative estimate of drug-likeness (QED) is 0.143. The van der Waals surface area contributed by atoms with Crippen molar-refractivity contribution in [1.82, 2.24) is 15.0 Å². The number of rotatable bonds is 9. The molecule has 1 atom stereocenters. The predicted molar refractivity (Wildman–Crippen MR) is 338 cm³/mol. The van der Waals surface area contributed by atoms with Crippen molar-refractivity contribution in [3.8, 4) is 56.9 Å². The van der Waals surface area contributed by atoms with Gasteiger partial charge in [0.1, 0.15) is 5.82 Å². The normalized spacial score (nSPS) is 16.1. The fourth-order valence-corrected chi connectivity index (χ4v) is 12.6. The van der Waals surface area contributed by atoms with E-state index in [-0.39, 0.29) is 5.92 Å². The lowest BCUT2D eigenvalue weighted by molar-refractivity contribution is 0.469. The van der Waals surface area contributed by atoms with E-state index in [0.29, 0.717) is 30.3 Å². The Morgan fingerprint density at radius 2 is 1.24 bits per heavy atom. The number of para-hydroxylation sites is 4. The molecule has 2 aliphatic heterocycles. The molecule has 0 unspecified atom stereocenters. The zero-order valence-corrected chi connectivity index (χ0v) is 45.2. The Balaban J connectivity index is 0.867. The highest BCUT2D eigenvalue weighted by molar-refractivity contribution is 6.09. The molecular weight excluding hydrogens is 1000 g/mol. The van der Waals surface area contributed by atoms with Gasteiger partial charge in [-0.3, -0.25) is 0 Å². The largest absolute Gasteiger partial charge is 0.453 e. The second-order valence-corrected chi connectivity index (χ2v) is 21.4. The lowest BCUT2D eigenvalue weighted by atomic mass is 9.86. The highest BCUT2D eigenvalue weighted by Gasteiger charge is 2.36. The van der Waals surface area contributed by atoms with Gasteiger partial charge in [0.25, 0.3) is 0 Å². The minimum absolute atomic E-state index is 0.170. The first-order chi connectivity index (χ1) is 40.5. The molecule has 0 amide bonds. The molecule has 0 radical (unpaired) electrons. The van der Waals surface area contributed by atoms with Gasteiger partial charge in [-0.05, 0) is 143 Å². The molecule has 6 aliphatic rings. The lowest BCUT2D eigenvalue weighted by Gasteiger charge is -2.38. The highest BCUT2D eigenvalue weighted by atomic mass is 16.5. The summed E-state index contributed by atoms with van der Waals surface area (Å²) < 4.78 is 13.8. The average Bonchev–Trinajstić information content (AvgIpc) is 3.96. The molecule has 0 spiro atoms. The van der Waals surface area contributed by atoms with Crippen molar-refractivity contribution < 1.29 is 9.47 Å². The Morgan fingerprint density at radius 3 is 2.01 bits per heavy atom. The molecule has 7 heteroatoms. The topological polar surface area (TPSA) is 63.6 Å². The van der Waals surface area contributed by atoms with Crippen molar-refractivity contribution in [1.29, 1.82) is 0 Å². The third-order valence-corrected chi connectivity index (χ3v) is 16.5. The van der Waals surface area contributed by atoms with Crippen LogP contribution in [0, 0.1) is 0 Å². The highest BCUT2D eigenvalue weighted by Crippen LogP contribution is 2.58. The van der Waals surface area contributed by atoms with Crippen molar-refractivity contribution in [3.05, 3.63) is 282 Å². The molecule has 0 saturated carbocycles. The smallest absolute Gasteiger partial charge is 0.163 e. The van der Waals surface area contributed by atoms with Crippen LogP contribution in [0.3, 0.4) is 0 Å². The van der Waals surface area contributed by atoms with Crippen LogP contribution in [0.4, 0.5) is 28.4 Å². The van der Waals surface area contributed by atoms with E-state index in [1.165, 1.54) is 16.5 Å². The molecule has 8 aromatic carbocycles. The molecule has 82 heavy (non-hydrogen) atoms. The number of nitrogens with zero attached hydrogens (tertiary/aromatic N) is 5. The standard InChI is InChI=1S/C75H55N5O2/c1-4-57-58(5-2)69-71(63-28-16-14-25-59(57)63)81-67-31-19-17-29-65(67)79(69)55-38-34-50(35-39-55)73-76-74(78-75(77-73)54-45-52(48-21-9-6-7-10-22-48)44-53(46-54)49-23-11-8-12-24-49)51-36-40-56(41-37-51)80-66-30-18-20-32-68(66)82-72-64-43-47(3)33-42-61(64)60-26-13-15-27-62(60)70(72)80/h4-6,8-15,17-27,29-34,36-42,44-46,50H,1-3,7,16,28,35,43H2/t50-/m1/s1. The summed E-state index contributed by atoms with van der Waals surface area (Å²) in [5, 5.41) is 2.29. The maximum atomic E-state index is 6.92. The molecule has 0 bridgehead atoms. The van der Waals surface area contributed by atoms with Crippen molar-refractivity contribution in [3.63, 3.8) is 0 Å². The van der Waals surface area contributed by atoms with Gasteiger partial charge in [-0.1, -0.05) is 183 Å². The molecule has 4 aliphatic carbocycles. The van der Waals surface area contributed by atoms with Gasteiger partial charge in [0.05, 0.1) is 22.7 Å². The molecule has 15 rings (SSSR count). The van der Waals surface area contributed by atoms with Gasteiger partial charge in [-0.2, -0.15) is 0 Å². The van der Waals surface area contributed by atoms with Gasteiger partial charge in [0.2, 0.25) is 0 Å². The van der Waals surface area contributed by atoms with Crippen LogP contribution in [-0.2, 0) is 12.8 Å². The minimum Gasteiger partial charge on any atom is -0.453 e. The summed E-state index contributed by atoms with van der Waals surface area (Å²) in [6.07, 6.45) is 34.4. The van der Waals surface area contributed by atoms with E-state index in [2.05, 4.69) is 236 Å². The van der Waals surface area contributed by atoms with Gasteiger partial charge in [-0.15, -0.1) is 0 Å². The monoisotopic (exact) mass is 1060 g/mol. The van der Waals surface area contributed by atoms with Crippen molar-refractivity contribution >= 4 is 69.1 Å². The average molecular weight is 1060 g/mol. The Hall–Kier alpha value is -10.4. The van der Waals surface area contributed by atoms with Crippen molar-refractivity contribution in [2.24, 2.45) is 0 Å². The second-order valence-electron chi connectivity index (χ2n) is 21.4. The molecule has 7 nitrogen and oxygen atoms in total. The number of aromatic nitrogens is 3. The third kappa shape index (κ3) is 8.23. The number of fused-ring (bicyclic) bond motifs is 11. The Labute approximate surface area is 477 Å². The van der Waals surface area contributed by atoms with E-state index in [0.717, 1.165) is 143 Å². The molecule has 0 fully saturated rings. The minimum atomic E-state index is -0.170. The van der Waals surface area contributed by atoms with Gasteiger partial charge >= 0.3 is 0 Å². The summed E-state index contributed by atoms with van der Waals surface area (Å²) in [5.41, 5.74) is 19.8. The Morgan fingerprint density at radius 1 is 0.549 bits per heavy atom. The van der Waals surface area contributed by atoms with E-state index in [1.807, 2.05) is 24.3 Å². The number of anilines is 5. The van der Waals surface area contributed by atoms with Crippen LogP contribution in [0.5, 0.6) is 23.0 Å². The number of benzene rings is 8. The first-order valence-electron chi connectivity index (χ1n) is 28.2. The molecule has 1 aromatic heterocycles.